The smallest absolute Gasteiger partial charge is 0.264 e. The number of methoxy groups -OCH3 is 1. The molecule has 0 radical (unpaired) electrons. The van der Waals surface area contributed by atoms with Crippen LogP contribution in [0.5, 0.6) is 5.75 Å². The summed E-state index contributed by atoms with van der Waals surface area (Å²) in [5, 5.41) is 6.32. The van der Waals surface area contributed by atoms with Gasteiger partial charge >= 0.3 is 0 Å². The minimum atomic E-state index is -4.05. The molecule has 0 fully saturated rings. The van der Waals surface area contributed by atoms with Gasteiger partial charge in [0.05, 0.1) is 7.11 Å². The van der Waals surface area contributed by atoms with Crippen molar-refractivity contribution >= 4 is 38.9 Å². The third-order valence-corrected chi connectivity index (χ3v) is 6.15. The maximum Gasteiger partial charge on any atom is 0.264 e. The van der Waals surface area contributed by atoms with Gasteiger partial charge in [0.15, 0.2) is 0 Å². The molecular formula is C24H22FN5O3S. The van der Waals surface area contributed by atoms with Crippen molar-refractivity contribution in [2.75, 3.05) is 22.5 Å². The quantitative estimate of drug-likeness (QED) is 0.318. The van der Waals surface area contributed by atoms with Crippen molar-refractivity contribution in [2.45, 2.75) is 11.8 Å². The van der Waals surface area contributed by atoms with Crippen molar-refractivity contribution in [3.8, 4) is 5.75 Å². The van der Waals surface area contributed by atoms with E-state index in [0.29, 0.717) is 23.1 Å². The summed E-state index contributed by atoms with van der Waals surface area (Å²) in [5.41, 5.74) is 2.54. The molecule has 1 aromatic heterocycles. The first-order chi connectivity index (χ1) is 16.3. The Hall–Kier alpha value is -4.18. The van der Waals surface area contributed by atoms with Crippen LogP contribution in [0.4, 0.5) is 33.2 Å². The second kappa shape index (κ2) is 9.75. The van der Waals surface area contributed by atoms with Gasteiger partial charge in [-0.25, -0.2) is 17.8 Å². The molecule has 10 heteroatoms. The number of sulfonamides is 1. The Balaban J connectivity index is 1.46. The van der Waals surface area contributed by atoms with Gasteiger partial charge in [-0.05, 0) is 67.6 Å². The van der Waals surface area contributed by atoms with Crippen LogP contribution in [0.15, 0.2) is 83.8 Å². The SMILES string of the molecule is COc1ccc(Nc2cc(C)nc(Nc3ccc(NS(=O)(=O)c4ccccc4F)cc3)n2)cc1. The highest BCUT2D eigenvalue weighted by Crippen LogP contribution is 2.23. The van der Waals surface area contributed by atoms with Gasteiger partial charge in [-0.15, -0.1) is 0 Å². The fourth-order valence-electron chi connectivity index (χ4n) is 3.13. The van der Waals surface area contributed by atoms with E-state index in [1.165, 1.54) is 18.2 Å². The van der Waals surface area contributed by atoms with Crippen LogP contribution < -0.4 is 20.1 Å². The van der Waals surface area contributed by atoms with Gasteiger partial charge in [0, 0.05) is 28.8 Å². The Labute approximate surface area is 196 Å². The average Bonchev–Trinajstić information content (AvgIpc) is 2.80. The molecular weight excluding hydrogens is 457 g/mol. The average molecular weight is 480 g/mol. The van der Waals surface area contributed by atoms with Gasteiger partial charge in [0.2, 0.25) is 5.95 Å². The summed E-state index contributed by atoms with van der Waals surface area (Å²) in [4.78, 5) is 8.46. The van der Waals surface area contributed by atoms with Gasteiger partial charge in [-0.2, -0.15) is 4.98 Å². The molecule has 0 saturated carbocycles. The van der Waals surface area contributed by atoms with E-state index >= 15 is 0 Å². The lowest BCUT2D eigenvalue weighted by Crippen LogP contribution is -2.14. The number of nitrogens with zero attached hydrogens (tertiary/aromatic N) is 2. The second-order valence-electron chi connectivity index (χ2n) is 7.31. The first kappa shape index (κ1) is 23.0. The normalized spacial score (nSPS) is 11.0. The summed E-state index contributed by atoms with van der Waals surface area (Å²) < 4.78 is 46.3. The highest BCUT2D eigenvalue weighted by atomic mass is 32.2. The lowest BCUT2D eigenvalue weighted by Gasteiger charge is -2.12. The van der Waals surface area contributed by atoms with Gasteiger partial charge in [-0.3, -0.25) is 4.72 Å². The van der Waals surface area contributed by atoms with E-state index in [1.54, 1.807) is 31.4 Å². The number of aromatic nitrogens is 2. The molecule has 0 aliphatic rings. The third kappa shape index (κ3) is 5.59. The van der Waals surface area contributed by atoms with Gasteiger partial charge in [-0.1, -0.05) is 12.1 Å². The van der Waals surface area contributed by atoms with Crippen LogP contribution in [0, 0.1) is 12.7 Å². The Morgan fingerprint density at radius 1 is 0.824 bits per heavy atom. The molecule has 0 amide bonds. The van der Waals surface area contributed by atoms with Crippen LogP contribution in [0.3, 0.4) is 0 Å². The van der Waals surface area contributed by atoms with E-state index in [9.17, 15) is 12.8 Å². The third-order valence-electron chi connectivity index (χ3n) is 4.74. The summed E-state index contributed by atoms with van der Waals surface area (Å²) >= 11 is 0. The molecule has 0 atom stereocenters. The lowest BCUT2D eigenvalue weighted by molar-refractivity contribution is 0.415. The Bertz CT molecular complexity index is 1400. The van der Waals surface area contributed by atoms with Crippen molar-refractivity contribution in [3.63, 3.8) is 0 Å². The minimum Gasteiger partial charge on any atom is -0.497 e. The van der Waals surface area contributed by atoms with Crippen LogP contribution in [0.1, 0.15) is 5.69 Å². The summed E-state index contributed by atoms with van der Waals surface area (Å²) in [6.45, 7) is 1.85. The summed E-state index contributed by atoms with van der Waals surface area (Å²) in [5.74, 6) is 0.917. The second-order valence-corrected chi connectivity index (χ2v) is 8.96. The van der Waals surface area contributed by atoms with Crippen molar-refractivity contribution < 1.29 is 17.5 Å². The lowest BCUT2D eigenvalue weighted by atomic mass is 10.3. The Morgan fingerprint density at radius 3 is 2.12 bits per heavy atom. The van der Waals surface area contributed by atoms with Crippen molar-refractivity contribution in [1.29, 1.82) is 0 Å². The molecule has 8 nitrogen and oxygen atoms in total. The predicted molar refractivity (Wildman–Crippen MR) is 130 cm³/mol. The topological polar surface area (TPSA) is 105 Å². The number of hydrogen-bond donors (Lipinski definition) is 3. The van der Waals surface area contributed by atoms with Gasteiger partial charge < -0.3 is 15.4 Å². The standard InChI is InChI=1S/C24H22FN5O3S/c1-16-15-23(27-17-11-13-20(33-2)14-12-17)29-24(26-16)28-18-7-9-19(10-8-18)30-34(31,32)22-6-4-3-5-21(22)25/h3-15,30H,1-2H3,(H2,26,27,28,29). The molecule has 0 aliphatic carbocycles. The van der Waals surface area contributed by atoms with Gasteiger partial charge in [0.25, 0.3) is 10.0 Å². The number of hydrogen-bond acceptors (Lipinski definition) is 7. The van der Waals surface area contributed by atoms with E-state index in [4.69, 9.17) is 4.74 Å². The van der Waals surface area contributed by atoms with Crippen LogP contribution in [0.25, 0.3) is 0 Å². The maximum absolute atomic E-state index is 13.9. The largest absolute Gasteiger partial charge is 0.497 e. The zero-order chi connectivity index (χ0) is 24.1. The summed E-state index contributed by atoms with van der Waals surface area (Å²) in [6, 6.07) is 20.9. The molecule has 3 N–H and O–H groups in total. The number of rotatable bonds is 8. The monoisotopic (exact) mass is 479 g/mol. The van der Waals surface area contributed by atoms with E-state index in [0.717, 1.165) is 23.2 Å². The number of anilines is 5. The molecule has 3 aromatic carbocycles. The number of aryl methyl sites for hydroxylation is 1. The fourth-order valence-corrected chi connectivity index (χ4v) is 4.27. The number of ether oxygens (including phenoxy) is 1. The molecule has 174 valence electrons. The molecule has 0 bridgehead atoms. The zero-order valence-electron chi connectivity index (χ0n) is 18.4. The molecule has 1 heterocycles. The molecule has 34 heavy (non-hydrogen) atoms. The van der Waals surface area contributed by atoms with E-state index in [-0.39, 0.29) is 0 Å². The van der Waals surface area contributed by atoms with E-state index in [1.807, 2.05) is 37.3 Å². The number of benzene rings is 3. The van der Waals surface area contributed by atoms with Crippen LogP contribution in [-0.2, 0) is 10.0 Å². The fraction of sp³-hybridized carbons (Fsp3) is 0.0833. The summed E-state index contributed by atoms with van der Waals surface area (Å²) in [6.07, 6.45) is 0. The van der Waals surface area contributed by atoms with E-state index in [2.05, 4.69) is 25.3 Å². The van der Waals surface area contributed by atoms with Crippen LogP contribution >= 0.6 is 0 Å². The summed E-state index contributed by atoms with van der Waals surface area (Å²) in [7, 11) is -2.44. The van der Waals surface area contributed by atoms with Crippen molar-refractivity contribution in [1.82, 2.24) is 9.97 Å². The predicted octanol–water partition coefficient (Wildman–Crippen LogP) is 5.22. The molecule has 4 aromatic rings. The Kier molecular flexibility index (Phi) is 6.60. The zero-order valence-corrected chi connectivity index (χ0v) is 19.2. The first-order valence-corrected chi connectivity index (χ1v) is 11.7. The van der Waals surface area contributed by atoms with E-state index < -0.39 is 20.7 Å². The van der Waals surface area contributed by atoms with Crippen LogP contribution in [-0.4, -0.2) is 25.5 Å². The van der Waals surface area contributed by atoms with Crippen molar-refractivity contribution in [2.24, 2.45) is 0 Å². The van der Waals surface area contributed by atoms with Crippen molar-refractivity contribution in [3.05, 3.63) is 90.4 Å². The minimum absolute atomic E-state index is 0.292. The maximum atomic E-state index is 13.9. The first-order valence-electron chi connectivity index (χ1n) is 10.2. The van der Waals surface area contributed by atoms with Crippen LogP contribution in [0.2, 0.25) is 0 Å². The van der Waals surface area contributed by atoms with Gasteiger partial charge in [0.1, 0.15) is 22.3 Å². The number of nitrogens with one attached hydrogen (secondary N) is 3. The molecule has 0 unspecified atom stereocenters. The molecule has 0 spiro atoms. The highest BCUT2D eigenvalue weighted by Gasteiger charge is 2.18. The Morgan fingerprint density at radius 2 is 1.44 bits per heavy atom. The molecule has 0 saturated heterocycles. The molecule has 4 rings (SSSR count). The number of halogens is 1. The highest BCUT2D eigenvalue weighted by molar-refractivity contribution is 7.92. The molecule has 0 aliphatic heterocycles.